The first-order chi connectivity index (χ1) is 8.13. The van der Waals surface area contributed by atoms with Crippen LogP contribution in [-0.4, -0.2) is 24.4 Å². The Morgan fingerprint density at radius 3 is 2.53 bits per heavy atom. The van der Waals surface area contributed by atoms with E-state index in [0.29, 0.717) is 12.0 Å². The van der Waals surface area contributed by atoms with Crippen LogP contribution in [0.25, 0.3) is 0 Å². The van der Waals surface area contributed by atoms with Gasteiger partial charge in [0.05, 0.1) is 10.6 Å². The summed E-state index contributed by atoms with van der Waals surface area (Å²) in [7, 11) is 2.10. The van der Waals surface area contributed by atoms with Gasteiger partial charge in [-0.1, -0.05) is 38.0 Å². The number of carbonyl (C=O) groups is 1. The molecule has 1 aromatic heterocycles. The van der Waals surface area contributed by atoms with E-state index in [2.05, 4.69) is 30.8 Å². The molecule has 1 fully saturated rings. The summed E-state index contributed by atoms with van der Waals surface area (Å²) in [6.07, 6.45) is 6.09. The van der Waals surface area contributed by atoms with E-state index in [1.165, 1.54) is 37.0 Å². The molecule has 1 heterocycles. The van der Waals surface area contributed by atoms with Crippen molar-refractivity contribution in [2.24, 2.45) is 0 Å². The van der Waals surface area contributed by atoms with Gasteiger partial charge in [-0.05, 0) is 18.8 Å². The number of nitrogens with zero attached hydrogens (tertiary/aromatic N) is 2. The number of carbonyl (C=O) groups excluding carboxylic acids is 1. The number of anilines is 1. The molecule has 0 aliphatic heterocycles. The molecule has 0 spiro atoms. The summed E-state index contributed by atoms with van der Waals surface area (Å²) >= 11 is 1.53. The van der Waals surface area contributed by atoms with Crippen LogP contribution < -0.4 is 4.90 Å². The van der Waals surface area contributed by atoms with Crippen LogP contribution in [0.5, 0.6) is 0 Å². The third kappa shape index (κ3) is 2.51. The quantitative estimate of drug-likeness (QED) is 0.769. The summed E-state index contributed by atoms with van der Waals surface area (Å²) in [4.78, 5) is 18.7. The Balaban J connectivity index is 2.23. The second-order valence-electron chi connectivity index (χ2n) is 5.07. The molecule has 2 rings (SSSR count). The Morgan fingerprint density at radius 1 is 1.41 bits per heavy atom. The van der Waals surface area contributed by atoms with Gasteiger partial charge < -0.3 is 4.90 Å². The van der Waals surface area contributed by atoms with E-state index in [0.717, 1.165) is 22.0 Å². The third-order valence-electron chi connectivity index (χ3n) is 3.50. The SMILES string of the molecule is CC(C)c1nc(N(C)C2CCCC2)sc1C=O. The fourth-order valence-electron chi connectivity index (χ4n) is 2.43. The zero-order valence-corrected chi connectivity index (χ0v) is 11.6. The highest BCUT2D eigenvalue weighted by Gasteiger charge is 2.23. The Labute approximate surface area is 107 Å². The van der Waals surface area contributed by atoms with Gasteiger partial charge in [0.15, 0.2) is 11.4 Å². The van der Waals surface area contributed by atoms with Gasteiger partial charge >= 0.3 is 0 Å². The van der Waals surface area contributed by atoms with Crippen LogP contribution in [0.4, 0.5) is 5.13 Å². The van der Waals surface area contributed by atoms with Gasteiger partial charge in [0.25, 0.3) is 0 Å². The van der Waals surface area contributed by atoms with Gasteiger partial charge in [-0.25, -0.2) is 4.98 Å². The molecule has 0 atom stereocenters. The van der Waals surface area contributed by atoms with E-state index in [1.54, 1.807) is 0 Å². The molecule has 1 aliphatic carbocycles. The van der Waals surface area contributed by atoms with Crippen LogP contribution in [0.15, 0.2) is 0 Å². The van der Waals surface area contributed by atoms with Crippen LogP contribution >= 0.6 is 11.3 Å². The molecule has 1 aliphatic rings. The molecule has 1 saturated carbocycles. The Hall–Kier alpha value is -0.900. The maximum atomic E-state index is 11.0. The molecule has 94 valence electrons. The lowest BCUT2D eigenvalue weighted by atomic mass is 10.1. The molecule has 0 unspecified atom stereocenters. The average Bonchev–Trinajstić information content (AvgIpc) is 2.97. The van der Waals surface area contributed by atoms with Crippen LogP contribution in [0.1, 0.15) is 60.8 Å². The highest BCUT2D eigenvalue weighted by atomic mass is 32.1. The van der Waals surface area contributed by atoms with Gasteiger partial charge in [-0.2, -0.15) is 0 Å². The summed E-state index contributed by atoms with van der Waals surface area (Å²) < 4.78 is 0. The van der Waals surface area contributed by atoms with E-state index >= 15 is 0 Å². The molecule has 0 aromatic carbocycles. The predicted molar refractivity (Wildman–Crippen MR) is 72.2 cm³/mol. The molecule has 3 nitrogen and oxygen atoms in total. The summed E-state index contributed by atoms with van der Waals surface area (Å²) in [5, 5.41) is 1.00. The second kappa shape index (κ2) is 5.17. The van der Waals surface area contributed by atoms with Crippen LogP contribution in [-0.2, 0) is 0 Å². The molecular weight excluding hydrogens is 232 g/mol. The number of thiazole rings is 1. The smallest absolute Gasteiger partial charge is 0.186 e. The average molecular weight is 252 g/mol. The van der Waals surface area contributed by atoms with E-state index in [1.807, 2.05) is 0 Å². The molecule has 0 amide bonds. The van der Waals surface area contributed by atoms with Crippen molar-refractivity contribution < 1.29 is 4.79 Å². The van der Waals surface area contributed by atoms with Crippen molar-refractivity contribution in [2.45, 2.75) is 51.5 Å². The van der Waals surface area contributed by atoms with Crippen LogP contribution in [0.3, 0.4) is 0 Å². The summed E-state index contributed by atoms with van der Waals surface area (Å²) in [6.45, 7) is 4.17. The number of aromatic nitrogens is 1. The number of hydrogen-bond donors (Lipinski definition) is 0. The Morgan fingerprint density at radius 2 is 2.06 bits per heavy atom. The fraction of sp³-hybridized carbons (Fsp3) is 0.692. The van der Waals surface area contributed by atoms with Crippen molar-refractivity contribution in [3.63, 3.8) is 0 Å². The summed E-state index contributed by atoms with van der Waals surface area (Å²) in [5.74, 6) is 0.317. The van der Waals surface area contributed by atoms with Crippen molar-refractivity contribution in [3.8, 4) is 0 Å². The topological polar surface area (TPSA) is 33.2 Å². The predicted octanol–water partition coefficient (Wildman–Crippen LogP) is 3.46. The molecule has 0 saturated heterocycles. The standard InChI is InChI=1S/C13H20N2OS/c1-9(2)12-11(8-16)17-13(14-12)15(3)10-6-4-5-7-10/h8-10H,4-7H2,1-3H3. The normalized spacial score (nSPS) is 16.7. The first-order valence-corrected chi connectivity index (χ1v) is 7.14. The minimum absolute atomic E-state index is 0.317. The molecule has 4 heteroatoms. The maximum absolute atomic E-state index is 11.0. The maximum Gasteiger partial charge on any atom is 0.186 e. The number of aldehydes is 1. The van der Waals surface area contributed by atoms with Gasteiger partial charge in [-0.3, -0.25) is 4.79 Å². The van der Waals surface area contributed by atoms with Gasteiger partial charge in [0.2, 0.25) is 0 Å². The largest absolute Gasteiger partial charge is 0.348 e. The fourth-order valence-corrected chi connectivity index (χ4v) is 3.50. The molecule has 17 heavy (non-hydrogen) atoms. The summed E-state index contributed by atoms with van der Waals surface area (Å²) in [6, 6.07) is 0.612. The molecular formula is C13H20N2OS. The minimum atomic E-state index is 0.317. The van der Waals surface area contributed by atoms with Gasteiger partial charge in [0.1, 0.15) is 0 Å². The number of hydrogen-bond acceptors (Lipinski definition) is 4. The first kappa shape index (κ1) is 12.6. The van der Waals surface area contributed by atoms with Crippen LogP contribution in [0, 0.1) is 0 Å². The first-order valence-electron chi connectivity index (χ1n) is 6.32. The van der Waals surface area contributed by atoms with Crippen molar-refractivity contribution in [1.82, 2.24) is 4.98 Å². The minimum Gasteiger partial charge on any atom is -0.348 e. The van der Waals surface area contributed by atoms with E-state index < -0.39 is 0 Å². The third-order valence-corrected chi connectivity index (χ3v) is 4.58. The highest BCUT2D eigenvalue weighted by Crippen LogP contribution is 2.33. The van der Waals surface area contributed by atoms with E-state index in [9.17, 15) is 4.79 Å². The van der Waals surface area contributed by atoms with Gasteiger partial charge in [0, 0.05) is 13.1 Å². The lowest BCUT2D eigenvalue weighted by molar-refractivity contribution is 0.112. The Kier molecular flexibility index (Phi) is 3.82. The van der Waals surface area contributed by atoms with Gasteiger partial charge in [-0.15, -0.1) is 0 Å². The molecule has 0 bridgehead atoms. The lowest BCUT2D eigenvalue weighted by Gasteiger charge is -2.23. The van der Waals surface area contributed by atoms with Crippen LogP contribution in [0.2, 0.25) is 0 Å². The zero-order chi connectivity index (χ0) is 12.4. The zero-order valence-electron chi connectivity index (χ0n) is 10.8. The highest BCUT2D eigenvalue weighted by molar-refractivity contribution is 7.17. The molecule has 0 N–H and O–H groups in total. The van der Waals surface area contributed by atoms with E-state index in [4.69, 9.17) is 0 Å². The van der Waals surface area contributed by atoms with Crippen molar-refractivity contribution in [2.75, 3.05) is 11.9 Å². The van der Waals surface area contributed by atoms with Crippen molar-refractivity contribution in [1.29, 1.82) is 0 Å². The molecule has 1 aromatic rings. The lowest BCUT2D eigenvalue weighted by Crippen LogP contribution is -2.28. The number of rotatable bonds is 4. The monoisotopic (exact) mass is 252 g/mol. The van der Waals surface area contributed by atoms with Crippen molar-refractivity contribution in [3.05, 3.63) is 10.6 Å². The van der Waals surface area contributed by atoms with Crippen molar-refractivity contribution >= 4 is 22.8 Å². The second-order valence-corrected chi connectivity index (χ2v) is 6.08. The molecule has 0 radical (unpaired) electrons. The van der Waals surface area contributed by atoms with E-state index in [-0.39, 0.29) is 0 Å². The summed E-state index contributed by atoms with van der Waals surface area (Å²) in [5.41, 5.74) is 0.949. The Bertz CT molecular complexity index is 394.